The number of nitrogens with one attached hydrogen (secondary N) is 2. The zero-order chi connectivity index (χ0) is 14.1. The largest absolute Gasteiger partial charge is 0.381 e. The lowest BCUT2D eigenvalue weighted by molar-refractivity contribution is 0.163. The fourth-order valence-electron chi connectivity index (χ4n) is 2.39. The molecule has 5 nitrogen and oxygen atoms in total. The van der Waals surface area contributed by atoms with E-state index in [1.807, 2.05) is 6.92 Å². The highest BCUT2D eigenvalue weighted by molar-refractivity contribution is 7.89. The van der Waals surface area contributed by atoms with Gasteiger partial charge in [-0.25, -0.2) is 13.1 Å². The van der Waals surface area contributed by atoms with Gasteiger partial charge < -0.3 is 10.1 Å². The lowest BCUT2D eigenvalue weighted by Crippen LogP contribution is -2.43. The van der Waals surface area contributed by atoms with E-state index in [-0.39, 0.29) is 18.4 Å². The minimum atomic E-state index is -3.18. The second-order valence-corrected chi connectivity index (χ2v) is 7.01. The first-order valence-corrected chi connectivity index (χ1v) is 9.03. The monoisotopic (exact) mass is 292 g/mol. The third kappa shape index (κ3) is 7.25. The highest BCUT2D eigenvalue weighted by Gasteiger charge is 2.24. The Morgan fingerprint density at radius 3 is 2.32 bits per heavy atom. The van der Waals surface area contributed by atoms with Gasteiger partial charge in [0.2, 0.25) is 10.0 Å². The Kier molecular flexibility index (Phi) is 7.90. The normalized spacial score (nSPS) is 24.5. The van der Waals surface area contributed by atoms with Crippen molar-refractivity contribution in [3.8, 4) is 0 Å². The second-order valence-electron chi connectivity index (χ2n) is 5.14. The van der Waals surface area contributed by atoms with E-state index in [1.54, 1.807) is 0 Å². The highest BCUT2D eigenvalue weighted by Crippen LogP contribution is 2.19. The summed E-state index contributed by atoms with van der Waals surface area (Å²) in [6, 6.07) is 0.662. The quantitative estimate of drug-likeness (QED) is 0.628. The second kappa shape index (κ2) is 8.89. The van der Waals surface area contributed by atoms with Gasteiger partial charge in [-0.1, -0.05) is 6.92 Å². The lowest BCUT2D eigenvalue weighted by atomic mass is 9.92. The molecule has 114 valence electrons. The number of ether oxygens (including phenoxy) is 1. The predicted molar refractivity (Wildman–Crippen MR) is 77.8 cm³/mol. The van der Waals surface area contributed by atoms with Gasteiger partial charge in [0.1, 0.15) is 0 Å². The van der Waals surface area contributed by atoms with Gasteiger partial charge in [-0.05, 0) is 45.6 Å². The summed E-state index contributed by atoms with van der Waals surface area (Å²) < 4.78 is 31.5. The van der Waals surface area contributed by atoms with Crippen LogP contribution in [-0.4, -0.2) is 46.0 Å². The molecule has 1 rings (SSSR count). The van der Waals surface area contributed by atoms with E-state index in [0.717, 1.165) is 38.6 Å². The molecule has 1 aliphatic rings. The predicted octanol–water partition coefficient (Wildman–Crippen LogP) is 1.25. The Hall–Kier alpha value is -0.170. The molecule has 0 aliphatic heterocycles. The molecule has 1 aliphatic carbocycles. The van der Waals surface area contributed by atoms with Crippen molar-refractivity contribution in [3.63, 3.8) is 0 Å². The van der Waals surface area contributed by atoms with E-state index >= 15 is 0 Å². The van der Waals surface area contributed by atoms with Crippen LogP contribution in [0.4, 0.5) is 0 Å². The molecule has 0 aromatic rings. The maximum atomic E-state index is 11.8. The third-order valence-corrected chi connectivity index (χ3v) is 4.85. The molecule has 1 saturated carbocycles. The molecule has 0 aromatic heterocycles. The SMILES string of the molecule is CCCNC1CCC(NS(=O)(=O)CCOCC)CC1. The zero-order valence-corrected chi connectivity index (χ0v) is 13.0. The summed E-state index contributed by atoms with van der Waals surface area (Å²) in [5.41, 5.74) is 0. The molecular weight excluding hydrogens is 264 g/mol. The first kappa shape index (κ1) is 16.9. The first-order chi connectivity index (χ1) is 9.07. The summed E-state index contributed by atoms with van der Waals surface area (Å²) in [6.07, 6.45) is 5.10. The molecule has 19 heavy (non-hydrogen) atoms. The van der Waals surface area contributed by atoms with E-state index in [4.69, 9.17) is 4.74 Å². The molecule has 0 bridgehead atoms. The molecule has 0 radical (unpaired) electrons. The highest BCUT2D eigenvalue weighted by atomic mass is 32.2. The van der Waals surface area contributed by atoms with Crippen molar-refractivity contribution in [2.24, 2.45) is 0 Å². The number of sulfonamides is 1. The Bertz CT molecular complexity index is 325. The standard InChI is InChI=1S/C13H28N2O3S/c1-3-9-14-12-5-7-13(8-6-12)15-19(16,17)11-10-18-4-2/h12-15H,3-11H2,1-2H3. The molecule has 2 N–H and O–H groups in total. The van der Waals surface area contributed by atoms with Crippen LogP contribution in [0.2, 0.25) is 0 Å². The number of hydrogen-bond acceptors (Lipinski definition) is 4. The van der Waals surface area contributed by atoms with Gasteiger partial charge in [-0.3, -0.25) is 0 Å². The number of hydrogen-bond donors (Lipinski definition) is 2. The van der Waals surface area contributed by atoms with Gasteiger partial charge in [-0.15, -0.1) is 0 Å². The molecular formula is C13H28N2O3S. The first-order valence-electron chi connectivity index (χ1n) is 7.38. The Morgan fingerprint density at radius 1 is 1.11 bits per heavy atom. The maximum absolute atomic E-state index is 11.8. The van der Waals surface area contributed by atoms with E-state index in [1.165, 1.54) is 0 Å². The van der Waals surface area contributed by atoms with Crippen LogP contribution < -0.4 is 10.0 Å². The maximum Gasteiger partial charge on any atom is 0.214 e. The van der Waals surface area contributed by atoms with Crippen molar-refractivity contribution < 1.29 is 13.2 Å². The molecule has 0 saturated heterocycles. The van der Waals surface area contributed by atoms with Crippen LogP contribution in [0.3, 0.4) is 0 Å². The van der Waals surface area contributed by atoms with E-state index in [0.29, 0.717) is 12.6 Å². The summed E-state index contributed by atoms with van der Waals surface area (Å²) in [7, 11) is -3.18. The van der Waals surface area contributed by atoms with Gasteiger partial charge in [0.15, 0.2) is 0 Å². The summed E-state index contributed by atoms with van der Waals surface area (Å²) in [5, 5.41) is 3.50. The van der Waals surface area contributed by atoms with Crippen LogP contribution in [-0.2, 0) is 14.8 Å². The van der Waals surface area contributed by atoms with Crippen LogP contribution >= 0.6 is 0 Å². The Labute approximate surface area is 117 Å². The molecule has 0 aromatic carbocycles. The van der Waals surface area contributed by atoms with Crippen LogP contribution in [0.25, 0.3) is 0 Å². The minimum absolute atomic E-state index is 0.0643. The summed E-state index contributed by atoms with van der Waals surface area (Å²) >= 11 is 0. The fraction of sp³-hybridized carbons (Fsp3) is 1.00. The topological polar surface area (TPSA) is 67.4 Å². The van der Waals surface area contributed by atoms with Crippen molar-refractivity contribution in [3.05, 3.63) is 0 Å². The third-order valence-electron chi connectivity index (χ3n) is 3.46. The van der Waals surface area contributed by atoms with Crippen molar-refractivity contribution in [1.82, 2.24) is 10.0 Å². The van der Waals surface area contributed by atoms with Gasteiger partial charge in [0.05, 0.1) is 12.4 Å². The molecule has 6 heteroatoms. The van der Waals surface area contributed by atoms with Gasteiger partial charge in [-0.2, -0.15) is 0 Å². The van der Waals surface area contributed by atoms with Gasteiger partial charge in [0, 0.05) is 18.7 Å². The molecule has 0 unspecified atom stereocenters. The number of rotatable bonds is 9. The average Bonchev–Trinajstić information content (AvgIpc) is 2.38. The van der Waals surface area contributed by atoms with Crippen molar-refractivity contribution in [2.45, 2.75) is 58.0 Å². The Morgan fingerprint density at radius 2 is 1.74 bits per heavy atom. The lowest BCUT2D eigenvalue weighted by Gasteiger charge is -2.29. The molecule has 0 spiro atoms. The molecule has 0 amide bonds. The summed E-state index contributed by atoms with van der Waals surface area (Å²) in [6.45, 7) is 5.91. The van der Waals surface area contributed by atoms with Crippen molar-refractivity contribution in [2.75, 3.05) is 25.5 Å². The van der Waals surface area contributed by atoms with Crippen LogP contribution in [0.1, 0.15) is 46.0 Å². The van der Waals surface area contributed by atoms with Crippen molar-refractivity contribution in [1.29, 1.82) is 0 Å². The van der Waals surface area contributed by atoms with E-state index < -0.39 is 10.0 Å². The minimum Gasteiger partial charge on any atom is -0.381 e. The summed E-state index contributed by atoms with van der Waals surface area (Å²) in [5.74, 6) is 0.0643. The van der Waals surface area contributed by atoms with Crippen LogP contribution in [0.15, 0.2) is 0 Å². The average molecular weight is 292 g/mol. The van der Waals surface area contributed by atoms with E-state index in [9.17, 15) is 8.42 Å². The summed E-state index contributed by atoms with van der Waals surface area (Å²) in [4.78, 5) is 0. The van der Waals surface area contributed by atoms with Gasteiger partial charge in [0.25, 0.3) is 0 Å². The molecule has 0 atom stereocenters. The van der Waals surface area contributed by atoms with Gasteiger partial charge >= 0.3 is 0 Å². The Balaban J connectivity index is 2.24. The molecule has 1 fully saturated rings. The fourth-order valence-corrected chi connectivity index (χ4v) is 3.59. The zero-order valence-electron chi connectivity index (χ0n) is 12.2. The smallest absolute Gasteiger partial charge is 0.214 e. The van der Waals surface area contributed by atoms with Crippen LogP contribution in [0.5, 0.6) is 0 Å². The van der Waals surface area contributed by atoms with E-state index in [2.05, 4.69) is 17.0 Å². The molecule has 0 heterocycles. The van der Waals surface area contributed by atoms with Crippen LogP contribution in [0, 0.1) is 0 Å². The van der Waals surface area contributed by atoms with Crippen molar-refractivity contribution >= 4 is 10.0 Å².